The predicted octanol–water partition coefficient (Wildman–Crippen LogP) is 2.87. The number of hydrogen-bond donors (Lipinski definition) is 0. The molecular weight excluding hydrogens is 304 g/mol. The summed E-state index contributed by atoms with van der Waals surface area (Å²) in [6, 6.07) is 7.85. The van der Waals surface area contributed by atoms with E-state index in [-0.39, 0.29) is 18.3 Å². The SMILES string of the molecule is CCOC(=O)CSc1nnc(COc2ccc(CC)cc2)o1. The largest absolute Gasteiger partial charge is 0.484 e. The summed E-state index contributed by atoms with van der Waals surface area (Å²) in [5, 5.41) is 8.05. The molecule has 1 aromatic carbocycles. The van der Waals surface area contributed by atoms with E-state index in [9.17, 15) is 4.79 Å². The summed E-state index contributed by atoms with van der Waals surface area (Å²) in [6.07, 6.45) is 0.991. The number of esters is 1. The molecule has 1 heterocycles. The predicted molar refractivity (Wildman–Crippen MR) is 81.8 cm³/mol. The average molecular weight is 322 g/mol. The number of ether oxygens (including phenoxy) is 2. The lowest BCUT2D eigenvalue weighted by atomic mass is 10.2. The van der Waals surface area contributed by atoms with Gasteiger partial charge in [-0.2, -0.15) is 0 Å². The van der Waals surface area contributed by atoms with Gasteiger partial charge in [0.15, 0.2) is 6.61 Å². The van der Waals surface area contributed by atoms with Crippen molar-refractivity contribution in [1.82, 2.24) is 10.2 Å². The van der Waals surface area contributed by atoms with E-state index in [4.69, 9.17) is 13.9 Å². The van der Waals surface area contributed by atoms with Crippen molar-refractivity contribution in [3.63, 3.8) is 0 Å². The number of aryl methyl sites for hydroxylation is 1. The Morgan fingerprint density at radius 2 is 2.00 bits per heavy atom. The van der Waals surface area contributed by atoms with Crippen molar-refractivity contribution in [2.45, 2.75) is 32.1 Å². The zero-order valence-corrected chi connectivity index (χ0v) is 13.4. The van der Waals surface area contributed by atoms with E-state index in [0.717, 1.165) is 23.9 Å². The van der Waals surface area contributed by atoms with E-state index in [1.165, 1.54) is 5.56 Å². The zero-order chi connectivity index (χ0) is 15.8. The third-order valence-electron chi connectivity index (χ3n) is 2.76. The van der Waals surface area contributed by atoms with Gasteiger partial charge in [-0.25, -0.2) is 0 Å². The Labute approximate surface area is 133 Å². The quantitative estimate of drug-likeness (QED) is 0.546. The lowest BCUT2D eigenvalue weighted by molar-refractivity contribution is -0.139. The average Bonchev–Trinajstić information content (AvgIpc) is 3.00. The highest BCUT2D eigenvalue weighted by Gasteiger charge is 2.10. The van der Waals surface area contributed by atoms with Gasteiger partial charge in [-0.05, 0) is 31.0 Å². The Kier molecular flexibility index (Phi) is 6.27. The molecule has 0 unspecified atom stereocenters. The van der Waals surface area contributed by atoms with Gasteiger partial charge in [-0.15, -0.1) is 10.2 Å². The van der Waals surface area contributed by atoms with E-state index in [1.54, 1.807) is 6.92 Å². The fraction of sp³-hybridized carbons (Fsp3) is 0.400. The van der Waals surface area contributed by atoms with Crippen LogP contribution < -0.4 is 4.74 Å². The molecule has 0 bridgehead atoms. The fourth-order valence-electron chi connectivity index (χ4n) is 1.64. The van der Waals surface area contributed by atoms with Crippen molar-refractivity contribution in [3.8, 4) is 5.75 Å². The van der Waals surface area contributed by atoms with Gasteiger partial charge in [0.2, 0.25) is 0 Å². The fourth-order valence-corrected chi connectivity index (χ4v) is 2.22. The molecule has 2 rings (SSSR count). The molecular formula is C15H18N2O4S. The van der Waals surface area contributed by atoms with E-state index in [1.807, 2.05) is 24.3 Å². The van der Waals surface area contributed by atoms with Crippen LogP contribution in [0.1, 0.15) is 25.3 Å². The first-order chi connectivity index (χ1) is 10.7. The van der Waals surface area contributed by atoms with Crippen LogP contribution in [0.5, 0.6) is 5.75 Å². The van der Waals surface area contributed by atoms with Crippen LogP contribution in [0.4, 0.5) is 0 Å². The van der Waals surface area contributed by atoms with Crippen LogP contribution in [-0.4, -0.2) is 28.5 Å². The van der Waals surface area contributed by atoms with Crippen LogP contribution in [-0.2, 0) is 22.6 Å². The number of nitrogens with zero attached hydrogens (tertiary/aromatic N) is 2. The molecule has 6 nitrogen and oxygen atoms in total. The Bertz CT molecular complexity index is 598. The summed E-state index contributed by atoms with van der Waals surface area (Å²) in [7, 11) is 0. The molecule has 2 aromatic rings. The smallest absolute Gasteiger partial charge is 0.316 e. The van der Waals surface area contributed by atoms with Crippen LogP contribution in [0.25, 0.3) is 0 Å². The number of thioether (sulfide) groups is 1. The Balaban J connectivity index is 1.80. The van der Waals surface area contributed by atoms with Gasteiger partial charge in [0, 0.05) is 0 Å². The molecule has 0 atom stereocenters. The molecule has 22 heavy (non-hydrogen) atoms. The third-order valence-corrected chi connectivity index (χ3v) is 3.55. The molecule has 0 spiro atoms. The van der Waals surface area contributed by atoms with E-state index in [0.29, 0.717) is 17.7 Å². The summed E-state index contributed by atoms with van der Waals surface area (Å²) in [5.74, 6) is 0.955. The highest BCUT2D eigenvalue weighted by molar-refractivity contribution is 7.99. The Morgan fingerprint density at radius 1 is 1.23 bits per heavy atom. The van der Waals surface area contributed by atoms with E-state index in [2.05, 4.69) is 17.1 Å². The second-order valence-corrected chi connectivity index (χ2v) is 5.27. The first-order valence-electron chi connectivity index (χ1n) is 7.03. The summed E-state index contributed by atoms with van der Waals surface area (Å²) in [4.78, 5) is 11.2. The molecule has 0 saturated carbocycles. The molecule has 7 heteroatoms. The maximum Gasteiger partial charge on any atom is 0.316 e. The van der Waals surface area contributed by atoms with Crippen molar-refractivity contribution in [2.24, 2.45) is 0 Å². The monoisotopic (exact) mass is 322 g/mol. The minimum absolute atomic E-state index is 0.148. The first-order valence-corrected chi connectivity index (χ1v) is 8.02. The van der Waals surface area contributed by atoms with Crippen LogP contribution in [0, 0.1) is 0 Å². The summed E-state index contributed by atoms with van der Waals surface area (Å²) in [6.45, 7) is 4.42. The molecule has 0 aliphatic rings. The number of benzene rings is 1. The van der Waals surface area contributed by atoms with Crippen molar-refractivity contribution in [2.75, 3.05) is 12.4 Å². The van der Waals surface area contributed by atoms with Crippen LogP contribution in [0.15, 0.2) is 33.9 Å². The van der Waals surface area contributed by atoms with E-state index < -0.39 is 0 Å². The lowest BCUT2D eigenvalue weighted by Gasteiger charge is -2.03. The second kappa shape index (κ2) is 8.43. The summed E-state index contributed by atoms with van der Waals surface area (Å²) >= 11 is 1.15. The van der Waals surface area contributed by atoms with Crippen molar-refractivity contribution < 1.29 is 18.7 Å². The van der Waals surface area contributed by atoms with Gasteiger partial charge in [0.1, 0.15) is 11.5 Å². The Hall–Kier alpha value is -2.02. The highest BCUT2D eigenvalue weighted by Crippen LogP contribution is 2.18. The van der Waals surface area contributed by atoms with Crippen molar-refractivity contribution in [1.29, 1.82) is 0 Å². The standard InChI is InChI=1S/C15H18N2O4S/c1-3-11-5-7-12(8-6-11)20-9-13-16-17-15(21-13)22-10-14(18)19-4-2/h5-8H,3-4,9-10H2,1-2H3. The van der Waals surface area contributed by atoms with Gasteiger partial charge >= 0.3 is 5.97 Å². The first kappa shape index (κ1) is 16.4. The summed E-state index contributed by atoms with van der Waals surface area (Å²) in [5.41, 5.74) is 1.25. The maximum absolute atomic E-state index is 11.2. The van der Waals surface area contributed by atoms with Crippen molar-refractivity contribution >= 4 is 17.7 Å². The minimum atomic E-state index is -0.306. The van der Waals surface area contributed by atoms with Gasteiger partial charge in [-0.3, -0.25) is 4.79 Å². The van der Waals surface area contributed by atoms with Crippen LogP contribution >= 0.6 is 11.8 Å². The third kappa shape index (κ3) is 5.07. The van der Waals surface area contributed by atoms with Crippen LogP contribution in [0.3, 0.4) is 0 Å². The second-order valence-electron chi connectivity index (χ2n) is 4.34. The van der Waals surface area contributed by atoms with Gasteiger partial charge in [0.05, 0.1) is 6.61 Å². The van der Waals surface area contributed by atoms with Gasteiger partial charge in [0.25, 0.3) is 11.1 Å². The number of aromatic nitrogens is 2. The number of rotatable bonds is 8. The molecule has 1 aromatic heterocycles. The topological polar surface area (TPSA) is 74.5 Å². The van der Waals surface area contributed by atoms with Gasteiger partial charge in [-0.1, -0.05) is 30.8 Å². The molecule has 0 aliphatic heterocycles. The van der Waals surface area contributed by atoms with Gasteiger partial charge < -0.3 is 13.9 Å². The molecule has 0 amide bonds. The molecule has 0 saturated heterocycles. The lowest BCUT2D eigenvalue weighted by Crippen LogP contribution is -2.06. The van der Waals surface area contributed by atoms with Crippen molar-refractivity contribution in [3.05, 3.63) is 35.7 Å². The number of hydrogen-bond acceptors (Lipinski definition) is 7. The number of carbonyl (C=O) groups is 1. The molecule has 0 N–H and O–H groups in total. The molecule has 118 valence electrons. The molecule has 0 fully saturated rings. The minimum Gasteiger partial charge on any atom is -0.484 e. The summed E-state index contributed by atoms with van der Waals surface area (Å²) < 4.78 is 15.8. The van der Waals surface area contributed by atoms with Crippen LogP contribution in [0.2, 0.25) is 0 Å². The molecule has 0 aliphatic carbocycles. The highest BCUT2D eigenvalue weighted by atomic mass is 32.2. The maximum atomic E-state index is 11.2. The molecule has 0 radical (unpaired) electrons. The normalized spacial score (nSPS) is 10.5. The number of carbonyl (C=O) groups excluding carboxylic acids is 1. The van der Waals surface area contributed by atoms with E-state index >= 15 is 0 Å². The Morgan fingerprint density at radius 3 is 2.68 bits per heavy atom. The zero-order valence-electron chi connectivity index (χ0n) is 12.6.